The number of thiophene rings is 1. The Morgan fingerprint density at radius 3 is 2.67 bits per heavy atom. The van der Waals surface area contributed by atoms with Crippen LogP contribution in [0, 0.1) is 13.8 Å². The first kappa shape index (κ1) is 25.9. The molecule has 5 rings (SSSR count). The predicted molar refractivity (Wildman–Crippen MR) is 126 cm³/mol. The van der Waals surface area contributed by atoms with E-state index in [9.17, 15) is 18.0 Å². The molecule has 0 radical (unpaired) electrons. The largest absolute Gasteiger partial charge is 0.490 e. The Kier molecular flexibility index (Phi) is 7.21. The molecule has 1 unspecified atom stereocenters. The second-order valence-corrected chi connectivity index (χ2v) is 9.94. The van der Waals surface area contributed by atoms with Gasteiger partial charge in [-0.05, 0) is 51.0 Å². The SMILES string of the molecule is Cc1noc(C)c1CN1C(=O)CCC12CCCN(c1ncc3sccc3n1)CC2.O=C(O)C(F)(F)F. The zero-order chi connectivity index (χ0) is 26.1. The van der Waals surface area contributed by atoms with Crippen LogP contribution in [0.25, 0.3) is 10.2 Å². The summed E-state index contributed by atoms with van der Waals surface area (Å²) in [5, 5.41) is 13.2. The van der Waals surface area contributed by atoms with Gasteiger partial charge in [-0.15, -0.1) is 11.3 Å². The summed E-state index contributed by atoms with van der Waals surface area (Å²) in [4.78, 5) is 35.5. The molecule has 5 heterocycles. The minimum Gasteiger partial charge on any atom is -0.475 e. The molecule has 2 saturated heterocycles. The molecule has 13 heteroatoms. The molecule has 3 aromatic rings. The Bertz CT molecular complexity index is 1240. The zero-order valence-corrected chi connectivity index (χ0v) is 20.7. The third kappa shape index (κ3) is 5.30. The Morgan fingerprint density at radius 2 is 2.00 bits per heavy atom. The van der Waals surface area contributed by atoms with Crippen molar-refractivity contribution < 1.29 is 32.4 Å². The zero-order valence-electron chi connectivity index (χ0n) is 19.8. The minimum absolute atomic E-state index is 0.0888. The Balaban J connectivity index is 0.000000384. The van der Waals surface area contributed by atoms with E-state index < -0.39 is 12.1 Å². The second-order valence-electron chi connectivity index (χ2n) is 8.99. The average Bonchev–Trinajstić information content (AvgIpc) is 3.45. The second kappa shape index (κ2) is 10.0. The number of aromatic nitrogens is 3. The summed E-state index contributed by atoms with van der Waals surface area (Å²) in [5.41, 5.74) is 2.85. The maximum Gasteiger partial charge on any atom is 0.490 e. The topological polar surface area (TPSA) is 113 Å². The first-order chi connectivity index (χ1) is 17.0. The third-order valence-electron chi connectivity index (χ3n) is 6.81. The molecule has 2 fully saturated rings. The Hall–Kier alpha value is -3.22. The molecule has 1 N–H and O–H groups in total. The number of aryl methyl sites for hydroxylation is 2. The molecule has 1 spiro atoms. The number of amides is 1. The molecule has 1 amide bonds. The van der Waals surface area contributed by atoms with Crippen molar-refractivity contribution in [2.75, 3.05) is 18.0 Å². The highest BCUT2D eigenvalue weighted by Gasteiger charge is 2.46. The van der Waals surface area contributed by atoms with E-state index in [2.05, 4.69) is 25.3 Å². The maximum absolute atomic E-state index is 12.8. The number of nitrogens with zero attached hydrogens (tertiary/aromatic N) is 5. The van der Waals surface area contributed by atoms with Gasteiger partial charge in [0.1, 0.15) is 5.76 Å². The fourth-order valence-corrected chi connectivity index (χ4v) is 5.51. The van der Waals surface area contributed by atoms with E-state index in [0.717, 1.165) is 72.0 Å². The lowest BCUT2D eigenvalue weighted by atomic mass is 9.87. The van der Waals surface area contributed by atoms with E-state index in [4.69, 9.17) is 19.4 Å². The highest BCUT2D eigenvalue weighted by atomic mass is 32.1. The number of anilines is 1. The first-order valence-electron chi connectivity index (χ1n) is 11.5. The predicted octanol–water partition coefficient (Wildman–Crippen LogP) is 4.48. The molecule has 2 aliphatic heterocycles. The number of carbonyl (C=O) groups is 2. The molecule has 0 aliphatic carbocycles. The van der Waals surface area contributed by atoms with Crippen LogP contribution in [-0.2, 0) is 16.1 Å². The van der Waals surface area contributed by atoms with Gasteiger partial charge in [0.15, 0.2) is 0 Å². The van der Waals surface area contributed by atoms with Crippen molar-refractivity contribution in [3.8, 4) is 0 Å². The monoisotopic (exact) mass is 525 g/mol. The molecule has 0 aromatic carbocycles. The molecular weight excluding hydrogens is 499 g/mol. The number of halogens is 3. The van der Waals surface area contributed by atoms with Crippen molar-refractivity contribution in [1.82, 2.24) is 20.0 Å². The van der Waals surface area contributed by atoms with Gasteiger partial charge in [-0.2, -0.15) is 13.2 Å². The standard InChI is InChI=1S/C21H25N5O2S.C2HF3O2/c1-14-16(15(2)28-24-14)13-26-19(27)4-7-21(26)6-3-9-25(10-8-21)20-22-12-18-17(23-20)5-11-29-18;3-2(4,5)1(6)7/h5,11-12H,3-4,6-10,13H2,1-2H3;(H,6,7). The Morgan fingerprint density at radius 1 is 1.25 bits per heavy atom. The molecule has 194 valence electrons. The van der Waals surface area contributed by atoms with E-state index in [1.54, 1.807) is 11.3 Å². The number of hydrogen-bond acceptors (Lipinski definition) is 8. The molecule has 0 bridgehead atoms. The number of carboxylic acids is 1. The number of hydrogen-bond donors (Lipinski definition) is 1. The van der Waals surface area contributed by atoms with Crippen molar-refractivity contribution in [1.29, 1.82) is 0 Å². The number of alkyl halides is 3. The summed E-state index contributed by atoms with van der Waals surface area (Å²) in [7, 11) is 0. The molecule has 0 saturated carbocycles. The number of carboxylic acid groups (broad SMARTS) is 1. The van der Waals surface area contributed by atoms with Crippen LogP contribution in [0.5, 0.6) is 0 Å². The van der Waals surface area contributed by atoms with E-state index >= 15 is 0 Å². The summed E-state index contributed by atoms with van der Waals surface area (Å²) in [5.74, 6) is -0.901. The van der Waals surface area contributed by atoms with Gasteiger partial charge < -0.3 is 19.4 Å². The van der Waals surface area contributed by atoms with Crippen LogP contribution in [0.3, 0.4) is 0 Å². The van der Waals surface area contributed by atoms with Crippen molar-refractivity contribution in [3.63, 3.8) is 0 Å². The van der Waals surface area contributed by atoms with E-state index in [1.807, 2.05) is 26.1 Å². The van der Waals surface area contributed by atoms with Gasteiger partial charge in [-0.1, -0.05) is 5.16 Å². The highest BCUT2D eigenvalue weighted by molar-refractivity contribution is 7.17. The van der Waals surface area contributed by atoms with Crippen molar-refractivity contribution in [2.24, 2.45) is 0 Å². The van der Waals surface area contributed by atoms with Crippen molar-refractivity contribution in [3.05, 3.63) is 34.7 Å². The lowest BCUT2D eigenvalue weighted by Gasteiger charge is -2.38. The van der Waals surface area contributed by atoms with Crippen LogP contribution in [0.4, 0.5) is 19.1 Å². The van der Waals surface area contributed by atoms with Crippen LogP contribution in [-0.4, -0.2) is 61.8 Å². The van der Waals surface area contributed by atoms with Crippen molar-refractivity contribution in [2.45, 2.75) is 64.2 Å². The van der Waals surface area contributed by atoms with Gasteiger partial charge in [0.25, 0.3) is 0 Å². The fourth-order valence-electron chi connectivity index (χ4n) is 4.82. The van der Waals surface area contributed by atoms with E-state index in [1.165, 1.54) is 0 Å². The number of aliphatic carboxylic acids is 1. The fraction of sp³-hybridized carbons (Fsp3) is 0.522. The quantitative estimate of drug-likeness (QED) is 0.533. The lowest BCUT2D eigenvalue weighted by molar-refractivity contribution is -0.192. The van der Waals surface area contributed by atoms with Gasteiger partial charge in [-0.3, -0.25) is 4.79 Å². The molecule has 1 atom stereocenters. The molecule has 9 nitrogen and oxygen atoms in total. The van der Waals surface area contributed by atoms with Gasteiger partial charge >= 0.3 is 12.1 Å². The highest BCUT2D eigenvalue weighted by Crippen LogP contribution is 2.41. The number of likely N-dealkylation sites (tertiary alicyclic amines) is 1. The number of carbonyl (C=O) groups excluding carboxylic acids is 1. The average molecular weight is 526 g/mol. The number of fused-ring (bicyclic) bond motifs is 1. The molecule has 36 heavy (non-hydrogen) atoms. The van der Waals surface area contributed by atoms with Crippen LogP contribution in [0.2, 0.25) is 0 Å². The van der Waals surface area contributed by atoms with Gasteiger partial charge in [0, 0.05) is 30.6 Å². The first-order valence-corrected chi connectivity index (χ1v) is 12.4. The van der Waals surface area contributed by atoms with E-state index in [0.29, 0.717) is 13.0 Å². The van der Waals surface area contributed by atoms with Crippen LogP contribution < -0.4 is 4.90 Å². The van der Waals surface area contributed by atoms with Crippen LogP contribution in [0.15, 0.2) is 22.2 Å². The van der Waals surface area contributed by atoms with Crippen LogP contribution in [0.1, 0.15) is 49.1 Å². The van der Waals surface area contributed by atoms with E-state index in [-0.39, 0.29) is 11.4 Å². The Labute approximate surface area is 208 Å². The number of rotatable bonds is 3. The van der Waals surface area contributed by atoms with Crippen LogP contribution >= 0.6 is 11.3 Å². The van der Waals surface area contributed by atoms with Gasteiger partial charge in [0.2, 0.25) is 11.9 Å². The van der Waals surface area contributed by atoms with Gasteiger partial charge in [-0.25, -0.2) is 14.8 Å². The van der Waals surface area contributed by atoms with Crippen molar-refractivity contribution >= 4 is 39.4 Å². The van der Waals surface area contributed by atoms with Gasteiger partial charge in [0.05, 0.1) is 28.7 Å². The smallest absolute Gasteiger partial charge is 0.475 e. The molecular formula is C23H26F3N5O4S. The minimum atomic E-state index is -5.08. The summed E-state index contributed by atoms with van der Waals surface area (Å²) in [6, 6.07) is 2.05. The lowest BCUT2D eigenvalue weighted by Crippen LogP contribution is -2.46. The maximum atomic E-state index is 12.8. The third-order valence-corrected chi connectivity index (χ3v) is 7.65. The molecule has 2 aliphatic rings. The summed E-state index contributed by atoms with van der Waals surface area (Å²) in [6.45, 7) is 6.25. The molecule has 3 aromatic heterocycles. The summed E-state index contributed by atoms with van der Waals surface area (Å²) < 4.78 is 38.2. The normalized spacial score (nSPS) is 20.5. The summed E-state index contributed by atoms with van der Waals surface area (Å²) >= 11 is 1.67. The summed E-state index contributed by atoms with van der Waals surface area (Å²) in [6.07, 6.45) is 1.36.